The van der Waals surface area contributed by atoms with Gasteiger partial charge < -0.3 is 10.1 Å². The summed E-state index contributed by atoms with van der Waals surface area (Å²) < 4.78 is 13.8. The highest BCUT2D eigenvalue weighted by Crippen LogP contribution is 2.26. The Morgan fingerprint density at radius 2 is 2.00 bits per heavy atom. The summed E-state index contributed by atoms with van der Waals surface area (Å²) in [7, 11) is 0. The zero-order valence-electron chi connectivity index (χ0n) is 9.11. The van der Waals surface area contributed by atoms with Crippen LogP contribution in [0.5, 0.6) is 5.75 Å². The normalized spacial score (nSPS) is 11.0. The molecule has 18 heavy (non-hydrogen) atoms. The average Bonchev–Trinajstić information content (AvgIpc) is 2.71. The minimum absolute atomic E-state index is 0.134. The largest absolute Gasteiger partial charge is 0.508 e. The third kappa shape index (κ3) is 1.80. The van der Waals surface area contributed by atoms with Gasteiger partial charge in [0.05, 0.1) is 16.6 Å². The van der Waals surface area contributed by atoms with Gasteiger partial charge in [0.1, 0.15) is 17.4 Å². The quantitative estimate of drug-likeness (QED) is 0.702. The molecule has 0 unspecified atom stereocenters. The maximum Gasteiger partial charge on any atom is 0.141 e. The predicted molar refractivity (Wildman–Crippen MR) is 68.2 cm³/mol. The van der Waals surface area contributed by atoms with Crippen LogP contribution in [-0.2, 0) is 0 Å². The molecule has 3 rings (SSSR count). The van der Waals surface area contributed by atoms with Crippen molar-refractivity contribution in [2.24, 2.45) is 0 Å². The van der Waals surface area contributed by atoms with Crippen molar-refractivity contribution in [1.29, 1.82) is 0 Å². The summed E-state index contributed by atoms with van der Waals surface area (Å²) in [6.07, 6.45) is 0. The van der Waals surface area contributed by atoms with E-state index in [-0.39, 0.29) is 5.75 Å². The van der Waals surface area contributed by atoms with Crippen LogP contribution in [0.15, 0.2) is 36.4 Å². The van der Waals surface area contributed by atoms with Crippen LogP contribution in [0.2, 0.25) is 5.02 Å². The molecule has 5 heteroatoms. The fraction of sp³-hybridized carbons (Fsp3) is 0. The molecule has 0 saturated heterocycles. The third-order valence-electron chi connectivity index (χ3n) is 2.65. The van der Waals surface area contributed by atoms with E-state index in [0.717, 1.165) is 0 Å². The molecule has 0 atom stereocenters. The number of fused-ring (bicyclic) bond motifs is 1. The highest BCUT2D eigenvalue weighted by molar-refractivity contribution is 6.30. The molecule has 0 spiro atoms. The number of imidazole rings is 1. The molecule has 0 aliphatic carbocycles. The molecule has 1 heterocycles. The van der Waals surface area contributed by atoms with Crippen molar-refractivity contribution in [2.75, 3.05) is 0 Å². The highest BCUT2D eigenvalue weighted by Gasteiger charge is 2.10. The first-order chi connectivity index (χ1) is 8.63. The first-order valence-corrected chi connectivity index (χ1v) is 5.65. The van der Waals surface area contributed by atoms with E-state index in [1.54, 1.807) is 24.3 Å². The average molecular weight is 263 g/mol. The second-order valence-electron chi connectivity index (χ2n) is 3.91. The zero-order valence-corrected chi connectivity index (χ0v) is 9.87. The molecule has 0 fully saturated rings. The van der Waals surface area contributed by atoms with Crippen LogP contribution in [0.3, 0.4) is 0 Å². The lowest BCUT2D eigenvalue weighted by molar-refractivity contribution is 0.476. The summed E-state index contributed by atoms with van der Waals surface area (Å²) in [5.41, 5.74) is 1.66. The Morgan fingerprint density at radius 3 is 2.78 bits per heavy atom. The summed E-state index contributed by atoms with van der Waals surface area (Å²) in [6.45, 7) is 0. The lowest BCUT2D eigenvalue weighted by atomic mass is 10.2. The first kappa shape index (κ1) is 11.0. The van der Waals surface area contributed by atoms with Gasteiger partial charge in [0.2, 0.25) is 0 Å². The van der Waals surface area contributed by atoms with Gasteiger partial charge in [-0.25, -0.2) is 9.37 Å². The lowest BCUT2D eigenvalue weighted by Gasteiger charge is -1.99. The summed E-state index contributed by atoms with van der Waals surface area (Å²) in [4.78, 5) is 7.22. The van der Waals surface area contributed by atoms with Crippen molar-refractivity contribution in [2.45, 2.75) is 0 Å². The maximum absolute atomic E-state index is 13.8. The van der Waals surface area contributed by atoms with Crippen LogP contribution in [0.4, 0.5) is 4.39 Å². The van der Waals surface area contributed by atoms with E-state index in [2.05, 4.69) is 9.97 Å². The van der Waals surface area contributed by atoms with E-state index in [4.69, 9.17) is 11.6 Å². The molecule has 0 aliphatic heterocycles. The number of halogens is 2. The summed E-state index contributed by atoms with van der Waals surface area (Å²) in [5, 5.41) is 9.70. The van der Waals surface area contributed by atoms with E-state index in [1.165, 1.54) is 12.1 Å². The standard InChI is InChI=1S/C13H8ClFN2O/c14-7-1-3-9(10(15)5-7)13-16-11-4-2-8(18)6-12(11)17-13/h1-6,18H,(H,16,17). The van der Waals surface area contributed by atoms with Gasteiger partial charge in [-0.05, 0) is 30.3 Å². The lowest BCUT2D eigenvalue weighted by Crippen LogP contribution is -1.85. The fourth-order valence-corrected chi connectivity index (χ4v) is 1.97. The maximum atomic E-state index is 13.8. The number of rotatable bonds is 1. The molecular formula is C13H8ClFN2O. The van der Waals surface area contributed by atoms with E-state index < -0.39 is 5.82 Å². The number of H-pyrrole nitrogens is 1. The molecule has 2 aromatic carbocycles. The Hall–Kier alpha value is -2.07. The number of hydrogen-bond acceptors (Lipinski definition) is 2. The molecule has 1 aromatic heterocycles. The fourth-order valence-electron chi connectivity index (χ4n) is 1.81. The SMILES string of the molecule is Oc1ccc2nc(-c3ccc(Cl)cc3F)[nH]c2c1. The van der Waals surface area contributed by atoms with Crippen molar-refractivity contribution in [3.05, 3.63) is 47.2 Å². The van der Waals surface area contributed by atoms with Crippen LogP contribution in [0, 0.1) is 5.82 Å². The Kier molecular flexibility index (Phi) is 2.45. The summed E-state index contributed by atoms with van der Waals surface area (Å²) in [5.74, 6) is 0.102. The Bertz CT molecular complexity index is 739. The van der Waals surface area contributed by atoms with Gasteiger partial charge in [-0.15, -0.1) is 0 Å². The number of nitrogens with one attached hydrogen (secondary N) is 1. The molecule has 0 saturated carbocycles. The number of aromatic amines is 1. The summed E-state index contributed by atoms with van der Waals surface area (Å²) in [6, 6.07) is 9.14. The molecule has 0 radical (unpaired) electrons. The van der Waals surface area contributed by atoms with Gasteiger partial charge >= 0.3 is 0 Å². The third-order valence-corrected chi connectivity index (χ3v) is 2.89. The summed E-state index contributed by atoms with van der Waals surface area (Å²) >= 11 is 5.70. The van der Waals surface area contributed by atoms with Crippen LogP contribution >= 0.6 is 11.6 Å². The first-order valence-electron chi connectivity index (χ1n) is 5.27. The van der Waals surface area contributed by atoms with Gasteiger partial charge in [0, 0.05) is 11.1 Å². The second kappa shape index (κ2) is 3.99. The van der Waals surface area contributed by atoms with Crippen LogP contribution in [0.25, 0.3) is 22.4 Å². The minimum Gasteiger partial charge on any atom is -0.508 e. The highest BCUT2D eigenvalue weighted by atomic mass is 35.5. The zero-order chi connectivity index (χ0) is 12.7. The second-order valence-corrected chi connectivity index (χ2v) is 4.35. The number of nitrogens with zero attached hydrogens (tertiary/aromatic N) is 1. The number of phenolic OH excluding ortho intramolecular Hbond substituents is 1. The van der Waals surface area contributed by atoms with Gasteiger partial charge in [-0.3, -0.25) is 0 Å². The predicted octanol–water partition coefficient (Wildman–Crippen LogP) is 3.73. The van der Waals surface area contributed by atoms with E-state index in [9.17, 15) is 9.50 Å². The van der Waals surface area contributed by atoms with Crippen molar-refractivity contribution in [3.8, 4) is 17.1 Å². The Labute approximate surface area is 107 Å². The van der Waals surface area contributed by atoms with Gasteiger partial charge in [-0.1, -0.05) is 11.6 Å². The number of aromatic hydroxyl groups is 1. The van der Waals surface area contributed by atoms with E-state index >= 15 is 0 Å². The van der Waals surface area contributed by atoms with Crippen molar-refractivity contribution >= 4 is 22.6 Å². The molecule has 3 aromatic rings. The van der Waals surface area contributed by atoms with Crippen LogP contribution in [-0.4, -0.2) is 15.1 Å². The van der Waals surface area contributed by atoms with Crippen LogP contribution in [0.1, 0.15) is 0 Å². The van der Waals surface area contributed by atoms with Gasteiger partial charge in [-0.2, -0.15) is 0 Å². The molecule has 0 aliphatic rings. The van der Waals surface area contributed by atoms with E-state index in [0.29, 0.717) is 27.4 Å². The molecule has 3 nitrogen and oxygen atoms in total. The van der Waals surface area contributed by atoms with Gasteiger partial charge in [0.15, 0.2) is 0 Å². The van der Waals surface area contributed by atoms with E-state index in [1.807, 2.05) is 0 Å². The Balaban J connectivity index is 2.19. The number of phenols is 1. The Morgan fingerprint density at radius 1 is 1.17 bits per heavy atom. The van der Waals surface area contributed by atoms with Crippen molar-refractivity contribution in [1.82, 2.24) is 9.97 Å². The van der Waals surface area contributed by atoms with Crippen LogP contribution < -0.4 is 0 Å². The monoisotopic (exact) mass is 262 g/mol. The molecule has 0 bridgehead atoms. The molecule has 90 valence electrons. The van der Waals surface area contributed by atoms with Crippen molar-refractivity contribution < 1.29 is 9.50 Å². The minimum atomic E-state index is -0.439. The number of hydrogen-bond donors (Lipinski definition) is 2. The molecular weight excluding hydrogens is 255 g/mol. The van der Waals surface area contributed by atoms with Gasteiger partial charge in [0.25, 0.3) is 0 Å². The van der Waals surface area contributed by atoms with Crippen molar-refractivity contribution in [3.63, 3.8) is 0 Å². The smallest absolute Gasteiger partial charge is 0.141 e. The molecule has 2 N–H and O–H groups in total. The number of aromatic nitrogens is 2. The number of benzene rings is 2. The molecule has 0 amide bonds. The topological polar surface area (TPSA) is 48.9 Å².